The molecule has 4 heterocycles. The summed E-state index contributed by atoms with van der Waals surface area (Å²) >= 11 is 0. The average Bonchev–Trinajstić information content (AvgIpc) is 2.99. The molecule has 4 rings (SSSR count). The third kappa shape index (κ3) is 6.24. The number of carboxylic acids is 1. The van der Waals surface area contributed by atoms with Crippen LogP contribution >= 0.6 is 0 Å². The molecule has 2 bridgehead atoms. The van der Waals surface area contributed by atoms with E-state index in [1.54, 1.807) is 4.90 Å². The first-order valence-electron chi connectivity index (χ1n) is 11.4. The lowest BCUT2D eigenvalue weighted by molar-refractivity contribution is -0.134. The van der Waals surface area contributed by atoms with Gasteiger partial charge in [-0.15, -0.1) is 0 Å². The number of aliphatic carboxylic acids is 1. The van der Waals surface area contributed by atoms with Crippen molar-refractivity contribution in [1.82, 2.24) is 15.1 Å². The fraction of sp³-hybridized carbons (Fsp3) is 0.864. The summed E-state index contributed by atoms with van der Waals surface area (Å²) in [6.07, 6.45) is 6.42. The number of fused-ring (bicyclic) bond motifs is 2. The number of amides is 2. The summed E-state index contributed by atoms with van der Waals surface area (Å²) in [5.41, 5.74) is -0.727. The van der Waals surface area contributed by atoms with Gasteiger partial charge in [0, 0.05) is 63.9 Å². The lowest BCUT2D eigenvalue weighted by Crippen LogP contribution is -2.59. The van der Waals surface area contributed by atoms with Crippen LogP contribution in [0, 0.1) is 0 Å². The molecule has 2 atom stereocenters. The fourth-order valence-corrected chi connectivity index (χ4v) is 5.22. The number of ether oxygens (including phenoxy) is 2. The van der Waals surface area contributed by atoms with Gasteiger partial charge in [-0.05, 0) is 46.5 Å². The summed E-state index contributed by atoms with van der Waals surface area (Å²) in [6.45, 7) is 8.75. The van der Waals surface area contributed by atoms with Crippen molar-refractivity contribution in [3.05, 3.63) is 0 Å². The van der Waals surface area contributed by atoms with Crippen LogP contribution in [-0.4, -0.2) is 82.0 Å². The Morgan fingerprint density at radius 2 is 1.65 bits per heavy atom. The predicted octanol–water partition coefficient (Wildman–Crippen LogP) is 2.97. The molecule has 0 aromatic heterocycles. The average molecular weight is 440 g/mol. The van der Waals surface area contributed by atoms with E-state index in [1.165, 1.54) is 12.8 Å². The molecule has 0 aromatic carbocycles. The maximum atomic E-state index is 12.8. The van der Waals surface area contributed by atoms with E-state index in [0.717, 1.165) is 45.6 Å². The fourth-order valence-electron chi connectivity index (χ4n) is 5.22. The quantitative estimate of drug-likeness (QED) is 0.646. The number of likely N-dealkylation sites (tertiary alicyclic amines) is 1. The third-order valence-electron chi connectivity index (χ3n) is 6.48. The Morgan fingerprint density at radius 1 is 1.10 bits per heavy atom. The highest BCUT2D eigenvalue weighted by Crippen LogP contribution is 2.41. The van der Waals surface area contributed by atoms with Crippen LogP contribution in [0.4, 0.5) is 9.59 Å². The van der Waals surface area contributed by atoms with Gasteiger partial charge in [0.1, 0.15) is 11.2 Å². The van der Waals surface area contributed by atoms with Gasteiger partial charge in [0.05, 0.1) is 0 Å². The maximum Gasteiger partial charge on any atom is 0.410 e. The van der Waals surface area contributed by atoms with Crippen molar-refractivity contribution in [1.29, 1.82) is 0 Å². The summed E-state index contributed by atoms with van der Waals surface area (Å²) in [5.74, 6) is -0.833. The minimum absolute atomic E-state index is 0.154. The van der Waals surface area contributed by atoms with Crippen molar-refractivity contribution in [2.24, 2.45) is 0 Å². The highest BCUT2D eigenvalue weighted by atomic mass is 16.6. The molecule has 2 unspecified atom stereocenters. The molecular formula is C22H37N3O6. The van der Waals surface area contributed by atoms with Crippen LogP contribution in [0.2, 0.25) is 0 Å². The minimum atomic E-state index is -0.833. The Bertz CT molecular complexity index is 667. The van der Waals surface area contributed by atoms with Crippen molar-refractivity contribution in [3.63, 3.8) is 0 Å². The number of hydrogen-bond donors (Lipinski definition) is 2. The number of hydrogen-bond acceptors (Lipinski definition) is 6. The normalized spacial score (nSPS) is 31.0. The Kier molecular flexibility index (Phi) is 7.03. The molecular weight excluding hydrogens is 402 g/mol. The topological polar surface area (TPSA) is 108 Å². The van der Waals surface area contributed by atoms with Gasteiger partial charge >= 0.3 is 12.2 Å². The molecule has 9 nitrogen and oxygen atoms in total. The molecule has 4 saturated heterocycles. The number of piperidine rings is 2. The second-order valence-corrected chi connectivity index (χ2v) is 10.3. The Hall–Kier alpha value is -2.03. The van der Waals surface area contributed by atoms with Crippen LogP contribution in [0.3, 0.4) is 0 Å². The molecule has 0 radical (unpaired) electrons. The molecule has 4 aliphatic rings. The van der Waals surface area contributed by atoms with Gasteiger partial charge in [-0.3, -0.25) is 4.79 Å². The number of carboxylic acid groups (broad SMARTS) is 1. The number of carbonyl (C=O) groups excluding carboxylic acids is 2. The second-order valence-electron chi connectivity index (χ2n) is 10.3. The van der Waals surface area contributed by atoms with E-state index in [9.17, 15) is 9.59 Å². The first-order chi connectivity index (χ1) is 14.5. The van der Waals surface area contributed by atoms with Crippen LogP contribution < -0.4 is 5.32 Å². The number of nitrogens with one attached hydrogen (secondary N) is 1. The van der Waals surface area contributed by atoms with Crippen molar-refractivity contribution >= 4 is 18.2 Å². The molecule has 0 aliphatic carbocycles. The second kappa shape index (κ2) is 9.22. The molecule has 2 N–H and O–H groups in total. The minimum Gasteiger partial charge on any atom is -0.481 e. The Morgan fingerprint density at radius 3 is 2.13 bits per heavy atom. The molecule has 9 heteroatoms. The standard InChI is InChI=1S/C20H33N3O4.C2H4O2/c1-19(2,3)26-17(24)22-9-6-16(7-10-22)23-11-8-20(27-18(23)25)12-14-4-5-15(13-20)21-14;1-2(3)4/h14-16,21H,4-13H2,1-3H3;1H3,(H,3,4). The zero-order chi connectivity index (χ0) is 22.8. The van der Waals surface area contributed by atoms with Gasteiger partial charge in [0.25, 0.3) is 5.97 Å². The van der Waals surface area contributed by atoms with E-state index in [-0.39, 0.29) is 23.8 Å². The van der Waals surface area contributed by atoms with E-state index >= 15 is 0 Å². The summed E-state index contributed by atoms with van der Waals surface area (Å²) in [7, 11) is 0. The predicted molar refractivity (Wildman–Crippen MR) is 114 cm³/mol. The van der Waals surface area contributed by atoms with Crippen LogP contribution in [0.5, 0.6) is 0 Å². The highest BCUT2D eigenvalue weighted by Gasteiger charge is 2.50. The molecule has 0 saturated carbocycles. The van der Waals surface area contributed by atoms with E-state index in [2.05, 4.69) is 5.32 Å². The van der Waals surface area contributed by atoms with Crippen molar-refractivity contribution in [2.45, 2.75) is 102 Å². The Labute approximate surface area is 184 Å². The van der Waals surface area contributed by atoms with E-state index in [0.29, 0.717) is 25.2 Å². The van der Waals surface area contributed by atoms with Crippen molar-refractivity contribution in [2.75, 3.05) is 19.6 Å². The molecule has 0 aromatic rings. The van der Waals surface area contributed by atoms with Crippen LogP contribution in [0.1, 0.15) is 72.6 Å². The lowest BCUT2D eigenvalue weighted by Gasteiger charge is -2.48. The summed E-state index contributed by atoms with van der Waals surface area (Å²) in [6, 6.07) is 1.19. The molecule has 2 amide bonds. The highest BCUT2D eigenvalue weighted by molar-refractivity contribution is 5.70. The van der Waals surface area contributed by atoms with Crippen LogP contribution in [-0.2, 0) is 14.3 Å². The zero-order valence-corrected chi connectivity index (χ0v) is 19.2. The van der Waals surface area contributed by atoms with E-state index in [4.69, 9.17) is 19.4 Å². The maximum absolute atomic E-state index is 12.8. The first-order valence-corrected chi connectivity index (χ1v) is 11.4. The zero-order valence-electron chi connectivity index (χ0n) is 19.2. The van der Waals surface area contributed by atoms with Gasteiger partial charge in [0.2, 0.25) is 0 Å². The monoisotopic (exact) mass is 439 g/mol. The molecule has 31 heavy (non-hydrogen) atoms. The SMILES string of the molecule is CC(=O)O.CC(C)(C)OC(=O)N1CCC(N2CCC3(CC4CCC(C3)N4)OC2=O)CC1. The summed E-state index contributed by atoms with van der Waals surface area (Å²) in [5, 5.41) is 11.0. The van der Waals surface area contributed by atoms with Gasteiger partial charge in [-0.25, -0.2) is 9.59 Å². The van der Waals surface area contributed by atoms with Gasteiger partial charge in [-0.2, -0.15) is 0 Å². The lowest BCUT2D eigenvalue weighted by atomic mass is 9.83. The summed E-state index contributed by atoms with van der Waals surface area (Å²) < 4.78 is 11.5. The van der Waals surface area contributed by atoms with Crippen molar-refractivity contribution in [3.8, 4) is 0 Å². The first kappa shape index (κ1) is 23.6. The van der Waals surface area contributed by atoms with Crippen molar-refractivity contribution < 1.29 is 29.0 Å². The van der Waals surface area contributed by atoms with Gasteiger partial charge in [-0.1, -0.05) is 0 Å². The van der Waals surface area contributed by atoms with Gasteiger partial charge in [0.15, 0.2) is 0 Å². The van der Waals surface area contributed by atoms with E-state index < -0.39 is 11.6 Å². The third-order valence-corrected chi connectivity index (χ3v) is 6.48. The number of nitrogens with zero attached hydrogens (tertiary/aromatic N) is 2. The smallest absolute Gasteiger partial charge is 0.410 e. The van der Waals surface area contributed by atoms with Gasteiger partial charge < -0.3 is 29.7 Å². The molecule has 1 spiro atoms. The number of rotatable bonds is 1. The molecule has 4 fully saturated rings. The largest absolute Gasteiger partial charge is 0.481 e. The molecule has 176 valence electrons. The summed E-state index contributed by atoms with van der Waals surface area (Å²) in [4.78, 5) is 37.7. The van der Waals surface area contributed by atoms with Crippen LogP contribution in [0.15, 0.2) is 0 Å². The van der Waals surface area contributed by atoms with E-state index in [1.807, 2.05) is 25.7 Å². The number of carbonyl (C=O) groups is 3. The molecule has 4 aliphatic heterocycles. The van der Waals surface area contributed by atoms with Crippen LogP contribution in [0.25, 0.3) is 0 Å². The Balaban J connectivity index is 0.000000628.